The maximum atomic E-state index is 12.0. The van der Waals surface area contributed by atoms with Crippen LogP contribution in [0, 0.1) is 5.41 Å². The van der Waals surface area contributed by atoms with Crippen molar-refractivity contribution in [2.75, 3.05) is 26.2 Å². The van der Waals surface area contributed by atoms with Crippen molar-refractivity contribution in [1.82, 2.24) is 10.2 Å². The highest BCUT2D eigenvalue weighted by atomic mass is 16.2. The fourth-order valence-corrected chi connectivity index (χ4v) is 1.72. The molecule has 0 aromatic heterocycles. The molecule has 4 nitrogen and oxygen atoms in total. The number of carbonyl (C=O) groups is 1. The van der Waals surface area contributed by atoms with Crippen molar-refractivity contribution < 1.29 is 4.79 Å². The van der Waals surface area contributed by atoms with Gasteiger partial charge in [0.1, 0.15) is 0 Å². The van der Waals surface area contributed by atoms with E-state index in [-0.39, 0.29) is 17.4 Å². The molecular weight excluding hydrogens is 202 g/mol. The maximum absolute atomic E-state index is 12.0. The molecule has 1 atom stereocenters. The van der Waals surface area contributed by atoms with E-state index in [0.717, 1.165) is 32.6 Å². The number of hydrogen-bond acceptors (Lipinski definition) is 3. The van der Waals surface area contributed by atoms with Crippen molar-refractivity contribution in [2.45, 2.75) is 39.7 Å². The molecule has 3 N–H and O–H groups in total. The quantitative estimate of drug-likeness (QED) is 0.725. The van der Waals surface area contributed by atoms with Crippen LogP contribution in [0.4, 0.5) is 0 Å². The summed E-state index contributed by atoms with van der Waals surface area (Å²) in [5, 5.41) is 3.29. The van der Waals surface area contributed by atoms with E-state index in [1.807, 2.05) is 4.90 Å². The fraction of sp³-hybridized carbons (Fsp3) is 0.917. The molecule has 1 rings (SSSR count). The summed E-state index contributed by atoms with van der Waals surface area (Å²) in [5.74, 6) is 0.200. The van der Waals surface area contributed by atoms with Crippen LogP contribution in [-0.2, 0) is 4.79 Å². The number of nitrogens with two attached hydrogens (primary N) is 1. The minimum atomic E-state index is -0.0591. The van der Waals surface area contributed by atoms with Crippen LogP contribution < -0.4 is 11.1 Å². The van der Waals surface area contributed by atoms with Gasteiger partial charge in [-0.2, -0.15) is 0 Å². The van der Waals surface area contributed by atoms with Crippen molar-refractivity contribution in [1.29, 1.82) is 0 Å². The van der Waals surface area contributed by atoms with Crippen LogP contribution in [0.5, 0.6) is 0 Å². The zero-order valence-electron chi connectivity index (χ0n) is 10.8. The Bertz CT molecular complexity index is 227. The lowest BCUT2D eigenvalue weighted by Gasteiger charge is -2.29. The third kappa shape index (κ3) is 4.10. The van der Waals surface area contributed by atoms with E-state index in [0.29, 0.717) is 6.42 Å². The summed E-state index contributed by atoms with van der Waals surface area (Å²) in [4.78, 5) is 14.0. The van der Waals surface area contributed by atoms with Gasteiger partial charge in [0, 0.05) is 32.1 Å². The number of nitrogens with one attached hydrogen (secondary N) is 1. The van der Waals surface area contributed by atoms with Gasteiger partial charge in [0.2, 0.25) is 5.91 Å². The molecule has 0 aromatic carbocycles. The molecule has 1 aliphatic heterocycles. The van der Waals surface area contributed by atoms with Crippen LogP contribution in [0.2, 0.25) is 0 Å². The van der Waals surface area contributed by atoms with E-state index in [9.17, 15) is 4.79 Å². The second-order valence-electron chi connectivity index (χ2n) is 5.66. The van der Waals surface area contributed by atoms with Gasteiger partial charge >= 0.3 is 0 Å². The molecule has 1 saturated heterocycles. The first-order valence-corrected chi connectivity index (χ1v) is 6.15. The highest BCUT2D eigenvalue weighted by Crippen LogP contribution is 2.20. The highest BCUT2D eigenvalue weighted by molar-refractivity contribution is 5.77. The van der Waals surface area contributed by atoms with E-state index in [1.165, 1.54) is 0 Å². The Labute approximate surface area is 98.6 Å². The summed E-state index contributed by atoms with van der Waals surface area (Å²) >= 11 is 0. The van der Waals surface area contributed by atoms with E-state index in [1.54, 1.807) is 0 Å². The monoisotopic (exact) mass is 227 g/mol. The fourth-order valence-electron chi connectivity index (χ4n) is 1.72. The van der Waals surface area contributed by atoms with Crippen molar-refractivity contribution in [3.63, 3.8) is 0 Å². The van der Waals surface area contributed by atoms with Crippen LogP contribution in [0.25, 0.3) is 0 Å². The van der Waals surface area contributed by atoms with Crippen molar-refractivity contribution in [3.8, 4) is 0 Å². The Morgan fingerprint density at radius 3 is 2.69 bits per heavy atom. The molecule has 0 aliphatic carbocycles. The van der Waals surface area contributed by atoms with Gasteiger partial charge in [-0.25, -0.2) is 0 Å². The van der Waals surface area contributed by atoms with Crippen LogP contribution >= 0.6 is 0 Å². The zero-order chi connectivity index (χ0) is 12.2. The third-order valence-electron chi connectivity index (χ3n) is 3.20. The average molecular weight is 227 g/mol. The molecule has 16 heavy (non-hydrogen) atoms. The molecule has 1 aliphatic rings. The van der Waals surface area contributed by atoms with Crippen molar-refractivity contribution in [3.05, 3.63) is 0 Å². The summed E-state index contributed by atoms with van der Waals surface area (Å²) in [7, 11) is 0. The smallest absolute Gasteiger partial charge is 0.224 e. The van der Waals surface area contributed by atoms with Crippen LogP contribution in [0.1, 0.15) is 33.6 Å². The molecule has 0 radical (unpaired) electrons. The third-order valence-corrected chi connectivity index (χ3v) is 3.20. The first-order chi connectivity index (χ1) is 7.41. The summed E-state index contributed by atoms with van der Waals surface area (Å²) in [6, 6.07) is -0.0591. The molecule has 1 heterocycles. The summed E-state index contributed by atoms with van der Waals surface area (Å²) in [5.41, 5.74) is 6.03. The van der Waals surface area contributed by atoms with E-state index < -0.39 is 0 Å². The molecule has 0 saturated carbocycles. The second kappa shape index (κ2) is 5.64. The molecule has 0 spiro atoms. The summed E-state index contributed by atoms with van der Waals surface area (Å²) in [6.07, 6.45) is 1.50. The summed E-state index contributed by atoms with van der Waals surface area (Å²) in [6.45, 7) is 9.82. The SMILES string of the molecule is CC(C)(C)C(N)CC(=O)N1CCCNCC1. The van der Waals surface area contributed by atoms with E-state index in [2.05, 4.69) is 26.1 Å². The standard InChI is InChI=1S/C12H25N3O/c1-12(2,3)10(13)9-11(16)15-7-4-5-14-6-8-15/h10,14H,4-9,13H2,1-3H3. The molecule has 1 fully saturated rings. The molecule has 4 heteroatoms. The number of hydrogen-bond donors (Lipinski definition) is 2. The van der Waals surface area contributed by atoms with Crippen LogP contribution in [0.3, 0.4) is 0 Å². The number of amides is 1. The normalized spacial score (nSPS) is 20.4. The largest absolute Gasteiger partial charge is 0.341 e. The molecule has 94 valence electrons. The lowest BCUT2D eigenvalue weighted by Crippen LogP contribution is -2.42. The van der Waals surface area contributed by atoms with Gasteiger partial charge in [-0.15, -0.1) is 0 Å². The molecule has 0 aromatic rings. The molecule has 1 unspecified atom stereocenters. The van der Waals surface area contributed by atoms with Gasteiger partial charge in [0.05, 0.1) is 0 Å². The first kappa shape index (κ1) is 13.5. The van der Waals surface area contributed by atoms with Crippen LogP contribution in [0.15, 0.2) is 0 Å². The molecule has 0 bridgehead atoms. The lowest BCUT2D eigenvalue weighted by atomic mass is 9.85. The first-order valence-electron chi connectivity index (χ1n) is 6.15. The van der Waals surface area contributed by atoms with Gasteiger partial charge in [-0.1, -0.05) is 20.8 Å². The minimum Gasteiger partial charge on any atom is -0.341 e. The van der Waals surface area contributed by atoms with E-state index in [4.69, 9.17) is 5.73 Å². The predicted octanol–water partition coefficient (Wildman–Crippen LogP) is 0.572. The van der Waals surface area contributed by atoms with Crippen molar-refractivity contribution >= 4 is 5.91 Å². The molecular formula is C12H25N3O. The van der Waals surface area contributed by atoms with Gasteiger partial charge in [0.15, 0.2) is 0 Å². The number of rotatable bonds is 2. The summed E-state index contributed by atoms with van der Waals surface area (Å²) < 4.78 is 0. The van der Waals surface area contributed by atoms with Crippen LogP contribution in [-0.4, -0.2) is 43.0 Å². The topological polar surface area (TPSA) is 58.4 Å². The predicted molar refractivity (Wildman–Crippen MR) is 66.1 cm³/mol. The van der Waals surface area contributed by atoms with E-state index >= 15 is 0 Å². The van der Waals surface area contributed by atoms with Crippen molar-refractivity contribution in [2.24, 2.45) is 11.1 Å². The Hall–Kier alpha value is -0.610. The Kier molecular flexibility index (Phi) is 4.74. The zero-order valence-corrected chi connectivity index (χ0v) is 10.8. The van der Waals surface area contributed by atoms with Gasteiger partial charge in [-0.3, -0.25) is 4.79 Å². The minimum absolute atomic E-state index is 0.000239. The average Bonchev–Trinajstić information content (AvgIpc) is 2.43. The number of carbonyl (C=O) groups excluding carboxylic acids is 1. The highest BCUT2D eigenvalue weighted by Gasteiger charge is 2.25. The lowest BCUT2D eigenvalue weighted by molar-refractivity contribution is -0.131. The Balaban J connectivity index is 2.44. The Morgan fingerprint density at radius 2 is 2.06 bits per heavy atom. The van der Waals surface area contributed by atoms with Gasteiger partial charge < -0.3 is 16.0 Å². The Morgan fingerprint density at radius 1 is 1.38 bits per heavy atom. The number of nitrogens with zero attached hydrogens (tertiary/aromatic N) is 1. The molecule has 1 amide bonds. The van der Waals surface area contributed by atoms with Gasteiger partial charge in [0.25, 0.3) is 0 Å². The van der Waals surface area contributed by atoms with Gasteiger partial charge in [-0.05, 0) is 18.4 Å². The second-order valence-corrected chi connectivity index (χ2v) is 5.66. The maximum Gasteiger partial charge on any atom is 0.224 e.